The first kappa shape index (κ1) is 23.7. The van der Waals surface area contributed by atoms with Crippen LogP contribution in [0.3, 0.4) is 0 Å². The molecule has 1 aromatic carbocycles. The first-order chi connectivity index (χ1) is 17.0. The molecular weight excluding hydrogens is 448 g/mol. The van der Waals surface area contributed by atoms with Gasteiger partial charge in [-0.25, -0.2) is 4.98 Å². The summed E-state index contributed by atoms with van der Waals surface area (Å²) in [6.45, 7) is 7.24. The number of piperidine rings is 1. The van der Waals surface area contributed by atoms with Gasteiger partial charge in [0, 0.05) is 25.5 Å². The van der Waals surface area contributed by atoms with Gasteiger partial charge in [0.2, 0.25) is 11.9 Å². The summed E-state index contributed by atoms with van der Waals surface area (Å²) in [5, 5.41) is 10.7. The molecule has 0 spiro atoms. The quantitative estimate of drug-likeness (QED) is 0.400. The number of carbonyl (C=O) groups excluding carboxylic acids is 2. The molecule has 0 bridgehead atoms. The maximum absolute atomic E-state index is 12.0. The minimum atomic E-state index is -0.656. The predicted molar refractivity (Wildman–Crippen MR) is 132 cm³/mol. The zero-order chi connectivity index (χ0) is 24.8. The van der Waals surface area contributed by atoms with E-state index in [0.29, 0.717) is 30.3 Å². The summed E-state index contributed by atoms with van der Waals surface area (Å²) in [5.74, 6) is 0.403. The average Bonchev–Trinajstić information content (AvgIpc) is 3.33. The first-order valence-corrected chi connectivity index (χ1v) is 11.4. The van der Waals surface area contributed by atoms with Crippen LogP contribution in [0.1, 0.15) is 36.2 Å². The number of nitrogens with zero attached hydrogens (tertiary/aromatic N) is 5. The van der Waals surface area contributed by atoms with Crippen LogP contribution in [0.15, 0.2) is 55.5 Å². The largest absolute Gasteiger partial charge is 0.492 e. The SMILES string of the molecule is C=CC(=O)N1CCC[C@@H](n2cc(Nc3ncc(C(N)=O)c(Nc4ccccc4OCC)n3)cn2)C1. The van der Waals surface area contributed by atoms with E-state index in [9.17, 15) is 9.59 Å². The van der Waals surface area contributed by atoms with E-state index in [0.717, 1.165) is 19.4 Å². The molecule has 1 saturated heterocycles. The number of benzene rings is 1. The molecular formula is C24H28N8O3. The topological polar surface area (TPSA) is 140 Å². The van der Waals surface area contributed by atoms with Crippen LogP contribution in [-0.2, 0) is 4.79 Å². The Labute approximate surface area is 203 Å². The molecule has 11 nitrogen and oxygen atoms in total. The third kappa shape index (κ3) is 5.57. The van der Waals surface area contributed by atoms with Crippen molar-refractivity contribution < 1.29 is 14.3 Å². The lowest BCUT2D eigenvalue weighted by atomic mass is 10.1. The van der Waals surface area contributed by atoms with Gasteiger partial charge in [0.15, 0.2) is 0 Å². The van der Waals surface area contributed by atoms with Gasteiger partial charge in [0.25, 0.3) is 5.91 Å². The van der Waals surface area contributed by atoms with E-state index in [1.165, 1.54) is 12.3 Å². The molecule has 1 aliphatic rings. The van der Waals surface area contributed by atoms with E-state index in [1.54, 1.807) is 11.1 Å². The van der Waals surface area contributed by atoms with Crippen molar-refractivity contribution in [3.05, 3.63) is 61.1 Å². The van der Waals surface area contributed by atoms with Gasteiger partial charge in [-0.05, 0) is 38.0 Å². The van der Waals surface area contributed by atoms with Crippen LogP contribution in [-0.4, -0.2) is 56.2 Å². The second kappa shape index (κ2) is 10.7. The highest BCUT2D eigenvalue weighted by atomic mass is 16.5. The number of hydrogen-bond acceptors (Lipinski definition) is 8. The minimum absolute atomic E-state index is 0.0636. The summed E-state index contributed by atoms with van der Waals surface area (Å²) < 4.78 is 7.48. The zero-order valence-corrected chi connectivity index (χ0v) is 19.5. The second-order valence-electron chi connectivity index (χ2n) is 7.99. The van der Waals surface area contributed by atoms with Crippen molar-refractivity contribution >= 4 is 35.0 Å². The van der Waals surface area contributed by atoms with Crippen LogP contribution in [0.4, 0.5) is 23.1 Å². The molecule has 1 fully saturated rings. The number of nitrogens with two attached hydrogens (primary N) is 1. The first-order valence-electron chi connectivity index (χ1n) is 11.4. The number of para-hydroxylation sites is 2. The van der Waals surface area contributed by atoms with Gasteiger partial charge >= 0.3 is 0 Å². The lowest BCUT2D eigenvalue weighted by Crippen LogP contribution is -2.39. The summed E-state index contributed by atoms with van der Waals surface area (Å²) in [5.41, 5.74) is 7.00. The summed E-state index contributed by atoms with van der Waals surface area (Å²) in [4.78, 5) is 34.4. The van der Waals surface area contributed by atoms with Gasteiger partial charge in [-0.3, -0.25) is 14.3 Å². The molecule has 2 aromatic heterocycles. The summed E-state index contributed by atoms with van der Waals surface area (Å²) in [6.07, 6.45) is 8.02. The van der Waals surface area contributed by atoms with Crippen LogP contribution >= 0.6 is 0 Å². The van der Waals surface area contributed by atoms with Crippen LogP contribution in [0.25, 0.3) is 0 Å². The molecule has 2 amide bonds. The third-order valence-electron chi connectivity index (χ3n) is 5.61. The fourth-order valence-corrected chi connectivity index (χ4v) is 3.93. The smallest absolute Gasteiger partial charge is 0.254 e. The molecule has 0 unspecified atom stereocenters. The van der Waals surface area contributed by atoms with E-state index in [1.807, 2.05) is 42.1 Å². The molecule has 35 heavy (non-hydrogen) atoms. The Balaban J connectivity index is 1.53. The van der Waals surface area contributed by atoms with Crippen molar-refractivity contribution in [2.24, 2.45) is 5.73 Å². The van der Waals surface area contributed by atoms with Crippen LogP contribution in [0.2, 0.25) is 0 Å². The van der Waals surface area contributed by atoms with Crippen molar-refractivity contribution in [3.63, 3.8) is 0 Å². The van der Waals surface area contributed by atoms with Crippen LogP contribution in [0, 0.1) is 0 Å². The fourth-order valence-electron chi connectivity index (χ4n) is 3.93. The molecule has 3 aromatic rings. The van der Waals surface area contributed by atoms with E-state index in [-0.39, 0.29) is 29.3 Å². The normalized spacial score (nSPS) is 15.3. The van der Waals surface area contributed by atoms with Gasteiger partial charge < -0.3 is 26.0 Å². The van der Waals surface area contributed by atoms with E-state index >= 15 is 0 Å². The monoisotopic (exact) mass is 476 g/mol. The number of rotatable bonds is 9. The number of likely N-dealkylation sites (tertiary alicyclic amines) is 1. The standard InChI is InChI=1S/C24H28N8O3/c1-3-21(33)31-11-7-8-17(15-31)32-14-16(12-27-32)28-24-26-13-18(22(25)34)23(30-24)29-19-9-5-6-10-20(19)35-4-2/h3,5-6,9-10,12-14,17H,1,4,7-8,11,15H2,2H3,(H2,25,34)(H2,26,28,29,30)/t17-/m1/s1. The molecule has 0 aliphatic carbocycles. The highest BCUT2D eigenvalue weighted by Gasteiger charge is 2.24. The van der Waals surface area contributed by atoms with Crippen molar-refractivity contribution in [2.75, 3.05) is 30.3 Å². The summed E-state index contributed by atoms with van der Waals surface area (Å²) >= 11 is 0. The number of aromatic nitrogens is 4. The molecule has 1 atom stereocenters. The molecule has 0 radical (unpaired) electrons. The van der Waals surface area contributed by atoms with Gasteiger partial charge in [0.1, 0.15) is 17.1 Å². The molecule has 11 heteroatoms. The number of hydrogen-bond donors (Lipinski definition) is 3. The Morgan fingerprint density at radius 3 is 2.89 bits per heavy atom. The van der Waals surface area contributed by atoms with Gasteiger partial charge in [0.05, 0.1) is 30.2 Å². The maximum Gasteiger partial charge on any atom is 0.254 e. The molecule has 182 valence electrons. The Morgan fingerprint density at radius 1 is 1.29 bits per heavy atom. The summed E-state index contributed by atoms with van der Waals surface area (Å²) in [6, 6.07) is 7.40. The van der Waals surface area contributed by atoms with Crippen molar-refractivity contribution in [1.29, 1.82) is 0 Å². The fraction of sp³-hybridized carbons (Fsp3) is 0.292. The molecule has 4 rings (SSSR count). The number of ether oxygens (including phenoxy) is 1. The predicted octanol–water partition coefficient (Wildman–Crippen LogP) is 3.01. The van der Waals surface area contributed by atoms with E-state index in [2.05, 4.69) is 32.3 Å². The molecule has 3 heterocycles. The number of primary amides is 1. The van der Waals surface area contributed by atoms with Crippen molar-refractivity contribution in [1.82, 2.24) is 24.6 Å². The minimum Gasteiger partial charge on any atom is -0.492 e. The number of amides is 2. The van der Waals surface area contributed by atoms with Crippen molar-refractivity contribution in [2.45, 2.75) is 25.8 Å². The number of carbonyl (C=O) groups is 2. The van der Waals surface area contributed by atoms with E-state index < -0.39 is 5.91 Å². The Morgan fingerprint density at radius 2 is 2.11 bits per heavy atom. The number of nitrogens with one attached hydrogen (secondary N) is 2. The van der Waals surface area contributed by atoms with Gasteiger partial charge in [-0.1, -0.05) is 18.7 Å². The highest BCUT2D eigenvalue weighted by molar-refractivity contribution is 5.98. The Hall–Kier alpha value is -4.41. The second-order valence-corrected chi connectivity index (χ2v) is 7.99. The Bertz CT molecular complexity index is 1220. The highest BCUT2D eigenvalue weighted by Crippen LogP contribution is 2.29. The average molecular weight is 477 g/mol. The maximum atomic E-state index is 12.0. The van der Waals surface area contributed by atoms with Gasteiger partial charge in [-0.2, -0.15) is 10.1 Å². The lowest BCUT2D eigenvalue weighted by molar-refractivity contribution is -0.127. The molecule has 4 N–H and O–H groups in total. The molecule has 0 saturated carbocycles. The zero-order valence-electron chi connectivity index (χ0n) is 19.5. The third-order valence-corrected chi connectivity index (χ3v) is 5.61. The van der Waals surface area contributed by atoms with Crippen LogP contribution < -0.4 is 21.1 Å². The van der Waals surface area contributed by atoms with Crippen LogP contribution in [0.5, 0.6) is 5.75 Å². The summed E-state index contributed by atoms with van der Waals surface area (Å²) in [7, 11) is 0. The van der Waals surface area contributed by atoms with E-state index in [4.69, 9.17) is 10.5 Å². The number of anilines is 4. The Kier molecular flexibility index (Phi) is 7.24. The molecule has 1 aliphatic heterocycles. The van der Waals surface area contributed by atoms with Gasteiger partial charge in [-0.15, -0.1) is 0 Å². The van der Waals surface area contributed by atoms with Crippen molar-refractivity contribution in [3.8, 4) is 5.75 Å². The lowest BCUT2D eigenvalue weighted by Gasteiger charge is -2.32.